The molecule has 6 rings (SSSR count). The number of hydrogen-bond donors (Lipinski definition) is 1. The number of carbonyl (C=O) groups excluding carboxylic acids is 2. The number of nitrogens with one attached hydrogen (secondary N) is 1. The van der Waals surface area contributed by atoms with Gasteiger partial charge in [-0.25, -0.2) is 21.6 Å². The fourth-order valence-electron chi connectivity index (χ4n) is 9.46. The summed E-state index contributed by atoms with van der Waals surface area (Å²) in [7, 11) is -6.99. The number of sulfonamides is 2. The van der Waals surface area contributed by atoms with Crippen molar-refractivity contribution in [1.82, 2.24) is 9.03 Å². The van der Waals surface area contributed by atoms with E-state index in [1.165, 1.54) is 4.31 Å². The minimum absolute atomic E-state index is 0.00450. The monoisotopic (exact) mass is 614 g/mol. The van der Waals surface area contributed by atoms with Crippen molar-refractivity contribution < 1.29 is 26.4 Å². The van der Waals surface area contributed by atoms with Crippen LogP contribution >= 0.6 is 0 Å². The Labute approximate surface area is 250 Å². The van der Waals surface area contributed by atoms with E-state index in [-0.39, 0.29) is 29.2 Å². The molecule has 1 heterocycles. The first-order chi connectivity index (χ1) is 19.5. The van der Waals surface area contributed by atoms with Gasteiger partial charge in [0.2, 0.25) is 20.0 Å². The van der Waals surface area contributed by atoms with Gasteiger partial charge in [0.05, 0.1) is 16.6 Å². The molecule has 8 nitrogen and oxygen atoms in total. The second-order valence-electron chi connectivity index (χ2n) is 14.1. The van der Waals surface area contributed by atoms with E-state index < -0.39 is 47.1 Å². The van der Waals surface area contributed by atoms with Crippen molar-refractivity contribution in [2.75, 3.05) is 18.8 Å². The number of carbonyl (C=O) groups is 2. The fourth-order valence-corrected chi connectivity index (χ4v) is 13.7. The maximum atomic E-state index is 13.9. The molecule has 228 valence electrons. The topological polar surface area (TPSA) is 117 Å². The summed E-state index contributed by atoms with van der Waals surface area (Å²) < 4.78 is 55.1. The second-order valence-corrected chi connectivity index (χ2v) is 17.8. The molecule has 0 amide bonds. The number of ketones is 2. The maximum absolute atomic E-state index is 13.9. The highest BCUT2D eigenvalue weighted by Gasteiger charge is 2.79. The van der Waals surface area contributed by atoms with Gasteiger partial charge in [0.15, 0.2) is 16.9 Å². The Hall–Kier alpha value is -2.14. The van der Waals surface area contributed by atoms with Crippen LogP contribution in [0.5, 0.6) is 0 Å². The smallest absolute Gasteiger partial charge is 0.233 e. The van der Waals surface area contributed by atoms with Crippen molar-refractivity contribution in [3.8, 4) is 0 Å². The molecular weight excluding hydrogens is 572 g/mol. The average molecular weight is 615 g/mol. The Bertz CT molecular complexity index is 1650. The van der Waals surface area contributed by atoms with Crippen molar-refractivity contribution >= 4 is 43.8 Å². The lowest BCUT2D eigenvalue weighted by Crippen LogP contribution is -2.45. The van der Waals surface area contributed by atoms with Crippen LogP contribution in [0.1, 0.15) is 78.4 Å². The summed E-state index contributed by atoms with van der Waals surface area (Å²) in [5.74, 6) is -0.287. The Morgan fingerprint density at radius 2 is 1.40 bits per heavy atom. The van der Waals surface area contributed by atoms with E-state index in [9.17, 15) is 26.4 Å². The van der Waals surface area contributed by atoms with Crippen LogP contribution in [0.25, 0.3) is 12.2 Å². The number of hydrogen-bond acceptors (Lipinski definition) is 6. The number of nitrogens with zero attached hydrogens (tertiary/aromatic N) is 1. The molecule has 4 aliphatic carbocycles. The van der Waals surface area contributed by atoms with E-state index in [1.807, 2.05) is 71.0 Å². The van der Waals surface area contributed by atoms with Gasteiger partial charge in [0.1, 0.15) is 0 Å². The van der Waals surface area contributed by atoms with E-state index in [0.29, 0.717) is 37.1 Å². The van der Waals surface area contributed by atoms with Gasteiger partial charge in [-0.15, -0.1) is 0 Å². The third-order valence-electron chi connectivity index (χ3n) is 11.9. The largest absolute Gasteiger partial charge is 0.294 e. The van der Waals surface area contributed by atoms with E-state index in [4.69, 9.17) is 0 Å². The maximum Gasteiger partial charge on any atom is 0.233 e. The molecule has 1 saturated heterocycles. The minimum atomic E-state index is -3.58. The molecule has 1 aromatic carbocycles. The second kappa shape index (κ2) is 9.19. The zero-order valence-corrected chi connectivity index (χ0v) is 27.0. The van der Waals surface area contributed by atoms with Crippen LogP contribution in [0.3, 0.4) is 0 Å². The lowest BCUT2D eigenvalue weighted by molar-refractivity contribution is -0.127. The van der Waals surface area contributed by atoms with Gasteiger partial charge < -0.3 is 0 Å². The average Bonchev–Trinajstić information content (AvgIpc) is 3.05. The van der Waals surface area contributed by atoms with E-state index in [1.54, 1.807) is 6.92 Å². The molecule has 5 fully saturated rings. The molecule has 0 aromatic heterocycles. The summed E-state index contributed by atoms with van der Waals surface area (Å²) in [4.78, 5) is 27.7. The number of allylic oxidation sites excluding steroid dienone is 2. The third kappa shape index (κ3) is 3.70. The first-order valence-electron chi connectivity index (χ1n) is 15.1. The quantitative estimate of drug-likeness (QED) is 0.343. The standard InChI is InChI=1S/C32H42N2O6S2/c1-7-33-41(37,38)19-31-15-13-24(29(31,3)4)22(26(31)35)17-20-9-11-21(12-10-20)18-23-25-14-16-32(27(23)36,30(25,5)6)28-34(8-2)42(28,39)40/h9-12,17-18,24-25,28,33H,7-8,13-16,19H2,1-6H3/b22-17+,23-18+. The van der Waals surface area contributed by atoms with Gasteiger partial charge in [0.25, 0.3) is 0 Å². The van der Waals surface area contributed by atoms with Gasteiger partial charge in [0, 0.05) is 24.2 Å². The molecular formula is C32H42N2O6S2. The van der Waals surface area contributed by atoms with E-state index in [2.05, 4.69) is 4.72 Å². The Morgan fingerprint density at radius 1 is 0.881 bits per heavy atom. The summed E-state index contributed by atoms with van der Waals surface area (Å²) in [6.07, 6.45) is 6.57. The third-order valence-corrected chi connectivity index (χ3v) is 15.6. The molecule has 4 bridgehead atoms. The molecule has 0 radical (unpaired) electrons. The van der Waals surface area contributed by atoms with Crippen LogP contribution in [0.2, 0.25) is 0 Å². The molecule has 1 aliphatic heterocycles. The lowest BCUT2D eigenvalue weighted by atomic mass is 9.68. The predicted octanol–water partition coefficient (Wildman–Crippen LogP) is 4.39. The zero-order valence-electron chi connectivity index (χ0n) is 25.4. The Morgan fingerprint density at radius 3 is 1.93 bits per heavy atom. The molecule has 0 spiro atoms. The number of Topliss-reactive ketones (excluding diaryl/α,β-unsaturated/α-hetero) is 2. The van der Waals surface area contributed by atoms with Crippen LogP contribution in [0.4, 0.5) is 0 Å². The minimum Gasteiger partial charge on any atom is -0.294 e. The van der Waals surface area contributed by atoms with Crippen LogP contribution in [0, 0.1) is 33.5 Å². The molecule has 5 aliphatic rings. The van der Waals surface area contributed by atoms with Gasteiger partial charge in [-0.1, -0.05) is 65.8 Å². The summed E-state index contributed by atoms with van der Waals surface area (Å²) in [5.41, 5.74) is 0.371. The van der Waals surface area contributed by atoms with Gasteiger partial charge in [-0.05, 0) is 71.6 Å². The molecule has 6 atom stereocenters. The summed E-state index contributed by atoms with van der Waals surface area (Å²) in [6, 6.07) is 7.71. The Kier molecular flexibility index (Phi) is 6.54. The van der Waals surface area contributed by atoms with Crippen molar-refractivity contribution in [3.63, 3.8) is 0 Å². The van der Waals surface area contributed by atoms with Crippen LogP contribution < -0.4 is 4.72 Å². The van der Waals surface area contributed by atoms with E-state index >= 15 is 0 Å². The van der Waals surface area contributed by atoms with Gasteiger partial charge in [-0.2, -0.15) is 4.31 Å². The van der Waals surface area contributed by atoms with Crippen molar-refractivity contribution in [2.45, 2.75) is 72.6 Å². The highest BCUT2D eigenvalue weighted by molar-refractivity contribution is 7.96. The van der Waals surface area contributed by atoms with Crippen LogP contribution in [-0.4, -0.2) is 56.9 Å². The summed E-state index contributed by atoms with van der Waals surface area (Å²) >= 11 is 0. The van der Waals surface area contributed by atoms with Gasteiger partial charge >= 0.3 is 0 Å². The highest BCUT2D eigenvalue weighted by atomic mass is 32.2. The molecule has 6 unspecified atom stereocenters. The van der Waals surface area contributed by atoms with Crippen molar-refractivity contribution in [2.24, 2.45) is 33.5 Å². The predicted molar refractivity (Wildman–Crippen MR) is 163 cm³/mol. The van der Waals surface area contributed by atoms with Gasteiger partial charge in [-0.3, -0.25) is 9.59 Å². The van der Waals surface area contributed by atoms with Crippen LogP contribution in [0.15, 0.2) is 35.4 Å². The molecule has 42 heavy (non-hydrogen) atoms. The lowest BCUT2D eigenvalue weighted by Gasteiger charge is -2.35. The highest BCUT2D eigenvalue weighted by Crippen LogP contribution is 2.71. The number of fused-ring (bicyclic) bond motifs is 4. The zero-order chi connectivity index (χ0) is 30.7. The first kappa shape index (κ1) is 29.9. The summed E-state index contributed by atoms with van der Waals surface area (Å²) in [5, 5.41) is -0.734. The summed E-state index contributed by atoms with van der Waals surface area (Å²) in [6.45, 7) is 12.4. The first-order valence-corrected chi connectivity index (χ1v) is 18.3. The van der Waals surface area contributed by atoms with Crippen LogP contribution in [-0.2, 0) is 29.6 Å². The van der Waals surface area contributed by atoms with Crippen molar-refractivity contribution in [1.29, 1.82) is 0 Å². The molecule has 1 aromatic rings. The number of benzene rings is 1. The molecule has 10 heteroatoms. The van der Waals surface area contributed by atoms with Crippen molar-refractivity contribution in [3.05, 3.63) is 46.5 Å². The Balaban J connectivity index is 1.28. The van der Waals surface area contributed by atoms with E-state index in [0.717, 1.165) is 24.0 Å². The SMILES string of the molecule is CCNS(=O)(=O)CC12CCC(/C(=C\c3ccc(/C=C4/C(=O)C5(C6N(CC)S6(=O)=O)CCC4C5(C)C)cc3)C1=O)C2(C)C. The normalized spacial score (nSPS) is 39.1. The molecule has 4 saturated carbocycles. The molecule has 1 N–H and O–H groups in total. The fraction of sp³-hybridized carbons (Fsp3) is 0.625. The number of rotatable bonds is 8.